The molecule has 0 aliphatic carbocycles. The van der Waals surface area contributed by atoms with Crippen LogP contribution in [-0.4, -0.2) is 41.6 Å². The molecule has 1 rings (SSSR count). The van der Waals surface area contributed by atoms with Gasteiger partial charge in [0.1, 0.15) is 5.60 Å². The summed E-state index contributed by atoms with van der Waals surface area (Å²) in [6.07, 6.45) is 3.73. The molecule has 1 aliphatic rings. The summed E-state index contributed by atoms with van der Waals surface area (Å²) in [5, 5.41) is 2.85. The third kappa shape index (κ3) is 5.77. The van der Waals surface area contributed by atoms with Gasteiger partial charge in [-0.1, -0.05) is 6.58 Å². The number of rotatable bonds is 2. The van der Waals surface area contributed by atoms with Gasteiger partial charge in [0.05, 0.1) is 0 Å². The lowest BCUT2D eigenvalue weighted by atomic mass is 10.1. The lowest BCUT2D eigenvalue weighted by Crippen LogP contribution is -2.45. The van der Waals surface area contributed by atoms with Crippen LogP contribution in [0.5, 0.6) is 0 Å². The first-order valence-corrected chi connectivity index (χ1v) is 6.72. The Kier molecular flexibility index (Phi) is 5.39. The van der Waals surface area contributed by atoms with E-state index in [1.165, 1.54) is 6.08 Å². The van der Waals surface area contributed by atoms with Gasteiger partial charge in [-0.3, -0.25) is 4.79 Å². The average Bonchev–Trinajstić information content (AvgIpc) is 2.52. The van der Waals surface area contributed by atoms with Crippen LogP contribution in [0, 0.1) is 0 Å². The van der Waals surface area contributed by atoms with E-state index in [-0.39, 0.29) is 18.0 Å². The van der Waals surface area contributed by atoms with Crippen LogP contribution in [0.3, 0.4) is 0 Å². The lowest BCUT2D eigenvalue weighted by Gasteiger charge is -2.28. The van der Waals surface area contributed by atoms with Crippen molar-refractivity contribution >= 4 is 12.0 Å². The van der Waals surface area contributed by atoms with E-state index in [0.29, 0.717) is 13.1 Å². The van der Waals surface area contributed by atoms with Crippen molar-refractivity contribution in [2.75, 3.05) is 13.1 Å². The topological polar surface area (TPSA) is 58.6 Å². The molecule has 19 heavy (non-hydrogen) atoms. The Hall–Kier alpha value is -1.52. The predicted molar refractivity (Wildman–Crippen MR) is 73.8 cm³/mol. The summed E-state index contributed by atoms with van der Waals surface area (Å²) in [5.41, 5.74) is -0.497. The lowest BCUT2D eigenvalue weighted by molar-refractivity contribution is -0.117. The molecule has 0 radical (unpaired) electrons. The van der Waals surface area contributed by atoms with Crippen LogP contribution >= 0.6 is 0 Å². The number of likely N-dealkylation sites (tertiary alicyclic amines) is 1. The van der Waals surface area contributed by atoms with Crippen molar-refractivity contribution < 1.29 is 14.3 Å². The molecular formula is C14H24N2O3. The Bertz CT molecular complexity index is 347. The minimum Gasteiger partial charge on any atom is -0.444 e. The second kappa shape index (κ2) is 6.59. The number of carbonyl (C=O) groups excluding carboxylic acids is 2. The SMILES string of the molecule is C=CC(=O)NC1CCCCN(C(=O)OC(C)(C)C)C1. The molecule has 0 spiro atoms. The van der Waals surface area contributed by atoms with Crippen molar-refractivity contribution in [2.24, 2.45) is 0 Å². The normalized spacial score (nSPS) is 20.4. The molecule has 0 aromatic rings. The molecule has 1 N–H and O–H groups in total. The summed E-state index contributed by atoms with van der Waals surface area (Å²) in [7, 11) is 0. The Morgan fingerprint density at radius 3 is 2.63 bits per heavy atom. The zero-order valence-electron chi connectivity index (χ0n) is 12.1. The molecule has 108 valence electrons. The quantitative estimate of drug-likeness (QED) is 0.780. The number of carbonyl (C=O) groups is 2. The van der Waals surface area contributed by atoms with Crippen LogP contribution in [-0.2, 0) is 9.53 Å². The molecule has 5 nitrogen and oxygen atoms in total. The van der Waals surface area contributed by atoms with Gasteiger partial charge < -0.3 is 15.0 Å². The fraction of sp³-hybridized carbons (Fsp3) is 0.714. The number of hydrogen-bond donors (Lipinski definition) is 1. The molecule has 1 atom stereocenters. The Morgan fingerprint density at radius 2 is 2.05 bits per heavy atom. The first-order chi connectivity index (χ1) is 8.81. The second-order valence-electron chi connectivity index (χ2n) is 5.83. The van der Waals surface area contributed by atoms with Crippen molar-refractivity contribution in [3.63, 3.8) is 0 Å². The number of hydrogen-bond acceptors (Lipinski definition) is 3. The van der Waals surface area contributed by atoms with Gasteiger partial charge in [0.2, 0.25) is 5.91 Å². The third-order valence-corrected chi connectivity index (χ3v) is 2.85. The van der Waals surface area contributed by atoms with Crippen molar-refractivity contribution in [1.29, 1.82) is 0 Å². The highest BCUT2D eigenvalue weighted by Crippen LogP contribution is 2.15. The molecule has 1 heterocycles. The summed E-state index contributed by atoms with van der Waals surface area (Å²) >= 11 is 0. The number of ether oxygens (including phenoxy) is 1. The Morgan fingerprint density at radius 1 is 1.37 bits per heavy atom. The van der Waals surface area contributed by atoms with E-state index < -0.39 is 5.60 Å². The van der Waals surface area contributed by atoms with Crippen LogP contribution in [0.15, 0.2) is 12.7 Å². The fourth-order valence-corrected chi connectivity index (χ4v) is 2.01. The highest BCUT2D eigenvalue weighted by Gasteiger charge is 2.26. The molecule has 5 heteroatoms. The Labute approximate surface area is 115 Å². The maximum atomic E-state index is 12.0. The highest BCUT2D eigenvalue weighted by molar-refractivity contribution is 5.87. The predicted octanol–water partition coefficient (Wildman–Crippen LogP) is 2.08. The van der Waals surface area contributed by atoms with E-state index >= 15 is 0 Å². The molecule has 0 saturated carbocycles. The minimum atomic E-state index is -0.497. The first kappa shape index (κ1) is 15.5. The zero-order valence-corrected chi connectivity index (χ0v) is 12.1. The van der Waals surface area contributed by atoms with Gasteiger partial charge in [-0.2, -0.15) is 0 Å². The summed E-state index contributed by atoms with van der Waals surface area (Å²) in [6, 6.07) is -0.0273. The van der Waals surface area contributed by atoms with Crippen molar-refractivity contribution in [2.45, 2.75) is 51.7 Å². The average molecular weight is 268 g/mol. The Balaban J connectivity index is 2.60. The zero-order chi connectivity index (χ0) is 14.5. The number of nitrogens with zero attached hydrogens (tertiary/aromatic N) is 1. The van der Waals surface area contributed by atoms with E-state index in [4.69, 9.17) is 4.74 Å². The van der Waals surface area contributed by atoms with Gasteiger partial charge in [-0.25, -0.2) is 4.79 Å². The largest absolute Gasteiger partial charge is 0.444 e. The molecule has 2 amide bonds. The van der Waals surface area contributed by atoms with E-state index in [1.54, 1.807) is 4.90 Å². The van der Waals surface area contributed by atoms with Gasteiger partial charge >= 0.3 is 6.09 Å². The van der Waals surface area contributed by atoms with Crippen LogP contribution in [0.25, 0.3) is 0 Å². The van der Waals surface area contributed by atoms with Crippen LogP contribution in [0.2, 0.25) is 0 Å². The summed E-state index contributed by atoms with van der Waals surface area (Å²) in [6.45, 7) is 10.1. The summed E-state index contributed by atoms with van der Waals surface area (Å²) < 4.78 is 5.37. The summed E-state index contributed by atoms with van der Waals surface area (Å²) in [5.74, 6) is -0.198. The second-order valence-corrected chi connectivity index (χ2v) is 5.83. The molecule has 1 fully saturated rings. The van der Waals surface area contributed by atoms with E-state index in [0.717, 1.165) is 19.3 Å². The molecule has 0 aromatic heterocycles. The molecule has 0 bridgehead atoms. The molecule has 1 aliphatic heterocycles. The van der Waals surface area contributed by atoms with Gasteiger partial charge in [0.15, 0.2) is 0 Å². The highest BCUT2D eigenvalue weighted by atomic mass is 16.6. The standard InChI is InChI=1S/C14H24N2O3/c1-5-12(17)15-11-8-6-7-9-16(10-11)13(18)19-14(2,3)4/h5,11H,1,6-10H2,2-4H3,(H,15,17). The van der Waals surface area contributed by atoms with E-state index in [2.05, 4.69) is 11.9 Å². The molecule has 0 aromatic carbocycles. The van der Waals surface area contributed by atoms with Crippen molar-refractivity contribution in [3.05, 3.63) is 12.7 Å². The van der Waals surface area contributed by atoms with Crippen LogP contribution in [0.4, 0.5) is 4.79 Å². The van der Waals surface area contributed by atoms with Gasteiger partial charge in [0.25, 0.3) is 0 Å². The van der Waals surface area contributed by atoms with Crippen molar-refractivity contribution in [1.82, 2.24) is 10.2 Å². The van der Waals surface area contributed by atoms with Gasteiger partial charge in [-0.15, -0.1) is 0 Å². The third-order valence-electron chi connectivity index (χ3n) is 2.85. The maximum absolute atomic E-state index is 12.0. The first-order valence-electron chi connectivity index (χ1n) is 6.72. The maximum Gasteiger partial charge on any atom is 0.410 e. The van der Waals surface area contributed by atoms with Crippen molar-refractivity contribution in [3.8, 4) is 0 Å². The summed E-state index contributed by atoms with van der Waals surface area (Å²) in [4.78, 5) is 25.0. The molecule has 1 saturated heterocycles. The number of nitrogens with one attached hydrogen (secondary N) is 1. The molecule has 1 unspecified atom stereocenters. The number of amides is 2. The fourth-order valence-electron chi connectivity index (χ4n) is 2.01. The minimum absolute atomic E-state index is 0.0273. The van der Waals surface area contributed by atoms with E-state index in [9.17, 15) is 9.59 Å². The van der Waals surface area contributed by atoms with Crippen LogP contribution in [0.1, 0.15) is 40.0 Å². The van der Waals surface area contributed by atoms with Gasteiger partial charge in [-0.05, 0) is 46.1 Å². The van der Waals surface area contributed by atoms with Crippen LogP contribution < -0.4 is 5.32 Å². The smallest absolute Gasteiger partial charge is 0.410 e. The van der Waals surface area contributed by atoms with Gasteiger partial charge in [0, 0.05) is 19.1 Å². The molecular weight excluding hydrogens is 244 g/mol. The monoisotopic (exact) mass is 268 g/mol. The van der Waals surface area contributed by atoms with E-state index in [1.807, 2.05) is 20.8 Å².